The fourth-order valence-electron chi connectivity index (χ4n) is 12.6. The zero-order chi connectivity index (χ0) is 57.1. The molecule has 0 saturated heterocycles. The van der Waals surface area contributed by atoms with Gasteiger partial charge in [-0.05, 0) is 74.0 Å². The molecule has 500 valence electrons. The minimum absolute atomic E-state index is 0. The SMILES string of the molecule is C.C.C.C.C.C.C.C.CC1C2=C(OCCN2)C1C.CC1C2=C(OCCN2)C1C.CC1C2=C(SCCN2)C1C.CC1C2=C(SCCN2)C1C.CC1C2=C(SCCS2)C1C.CC1c2ccnnc2C1C.CC1c2cnncc2C1C.CC1c2nccnc2C1C. The lowest BCUT2D eigenvalue weighted by atomic mass is 9.72. The van der Waals surface area contributed by atoms with Gasteiger partial charge in [-0.15, -0.1) is 47.0 Å². The van der Waals surface area contributed by atoms with Crippen molar-refractivity contribution in [3.05, 3.63) is 125 Å². The molecule has 0 aromatic carbocycles. The summed E-state index contributed by atoms with van der Waals surface area (Å²) in [6.45, 7) is 42.1. The third kappa shape index (κ3) is 16.7. The van der Waals surface area contributed by atoms with Crippen LogP contribution in [0.2, 0.25) is 0 Å². The molecule has 8 heterocycles. The van der Waals surface area contributed by atoms with E-state index in [1.165, 1.54) is 104 Å². The Hall–Kier alpha value is -3.86. The van der Waals surface area contributed by atoms with Crippen LogP contribution in [0.3, 0.4) is 0 Å². The fraction of sp³-hybridized carbons (Fsp3) is 0.694. The quantitative estimate of drug-likeness (QED) is 0.169. The maximum absolute atomic E-state index is 5.48. The van der Waals surface area contributed by atoms with Crippen LogP contribution in [-0.4, -0.2) is 92.8 Å². The third-order valence-corrected chi connectivity index (χ3v) is 25.6. The highest BCUT2D eigenvalue weighted by Gasteiger charge is 2.41. The molecule has 0 radical (unpaired) electrons. The average Bonchev–Trinajstić information content (AvgIpc) is 3.53. The van der Waals surface area contributed by atoms with Gasteiger partial charge in [0.15, 0.2) is 0 Å². The Balaban J connectivity index is 0.000000496. The molecule has 0 bridgehead atoms. The summed E-state index contributed by atoms with van der Waals surface area (Å²) in [6.07, 6.45) is 9.05. The Morgan fingerprint density at radius 3 is 1.05 bits per heavy atom. The maximum atomic E-state index is 5.48. The third-order valence-electron chi connectivity index (χ3n) is 20.0. The van der Waals surface area contributed by atoms with Crippen LogP contribution in [0.25, 0.3) is 0 Å². The molecular formula is C72H126N10O2S4. The molecule has 13 aliphatic rings. The number of aromatic nitrogens is 6. The smallest absolute Gasteiger partial charge is 0.119 e. The molecule has 5 aliphatic heterocycles. The molecule has 16 unspecified atom stereocenters. The molecule has 3 aromatic rings. The van der Waals surface area contributed by atoms with Gasteiger partial charge >= 0.3 is 0 Å². The minimum atomic E-state index is 0. The molecule has 0 fully saturated rings. The van der Waals surface area contributed by atoms with Crippen molar-refractivity contribution in [3.63, 3.8) is 0 Å². The van der Waals surface area contributed by atoms with Gasteiger partial charge in [-0.25, -0.2) is 0 Å². The van der Waals surface area contributed by atoms with E-state index in [1.807, 2.05) is 35.9 Å². The lowest BCUT2D eigenvalue weighted by molar-refractivity contribution is 0.103. The first-order valence-corrected chi connectivity index (χ1v) is 34.2. The van der Waals surface area contributed by atoms with Crippen LogP contribution in [0.1, 0.15) is 239 Å². The van der Waals surface area contributed by atoms with Gasteiger partial charge in [0, 0.05) is 142 Å². The van der Waals surface area contributed by atoms with Crippen LogP contribution < -0.4 is 21.3 Å². The van der Waals surface area contributed by atoms with E-state index in [-0.39, 0.29) is 59.4 Å². The summed E-state index contributed by atoms with van der Waals surface area (Å²) < 4.78 is 11.0. The molecule has 3 aromatic heterocycles. The van der Waals surface area contributed by atoms with Crippen LogP contribution >= 0.6 is 47.0 Å². The zero-order valence-electron chi connectivity index (χ0n) is 50.9. The second-order valence-corrected chi connectivity index (χ2v) is 28.9. The number of nitrogens with zero attached hydrogens (tertiary/aromatic N) is 6. The summed E-state index contributed by atoms with van der Waals surface area (Å²) in [6, 6.07) is 2.06. The molecule has 16 atom stereocenters. The van der Waals surface area contributed by atoms with Gasteiger partial charge < -0.3 is 30.7 Å². The average molecular weight is 1290 g/mol. The van der Waals surface area contributed by atoms with Crippen LogP contribution in [0.5, 0.6) is 0 Å². The first-order valence-electron chi connectivity index (χ1n) is 30.3. The number of thioether (sulfide) groups is 4. The van der Waals surface area contributed by atoms with E-state index in [2.05, 4.69) is 192 Å². The molecule has 4 N–H and O–H groups in total. The van der Waals surface area contributed by atoms with Crippen molar-refractivity contribution in [2.45, 2.75) is 206 Å². The van der Waals surface area contributed by atoms with E-state index in [0.29, 0.717) is 59.2 Å². The Morgan fingerprint density at radius 1 is 0.330 bits per heavy atom. The fourth-order valence-corrected chi connectivity index (χ4v) is 18.3. The summed E-state index contributed by atoms with van der Waals surface area (Å²) in [5.74, 6) is 19.1. The van der Waals surface area contributed by atoms with Gasteiger partial charge in [-0.1, -0.05) is 170 Å². The topological polar surface area (TPSA) is 144 Å². The number of ether oxygens (including phenoxy) is 2. The van der Waals surface area contributed by atoms with E-state index in [1.54, 1.807) is 38.2 Å². The molecule has 16 heteroatoms. The van der Waals surface area contributed by atoms with Crippen molar-refractivity contribution >= 4 is 47.0 Å². The standard InChI is InChI=1S/3C8H10N2.2C8H13NO.2C8H13NS.C8H12S2.8CH4/c1-5-6(2)8-4-10-9-3-7(5)8;1-5-6(2)8-7(5)9-3-4-10-8;1-5-6(2)8-7(5)3-4-9-10-8;5*1-5-6(2)8-7(5)9-3-4-10-8;;;;;;;;/h3*3-6H,1-2H3;4*5-6,9H,3-4H2,1-2H3;5-6H,3-4H2,1-2H3;8*1H4. The van der Waals surface area contributed by atoms with Gasteiger partial charge in [-0.2, -0.15) is 20.4 Å². The largest absolute Gasteiger partial charge is 0.494 e. The molecular weight excluding hydrogens is 1170 g/mol. The number of nitrogens with one attached hydrogen (secondary N) is 4. The summed E-state index contributed by atoms with van der Waals surface area (Å²) in [7, 11) is 0. The van der Waals surface area contributed by atoms with E-state index in [0.717, 1.165) is 61.8 Å². The summed E-state index contributed by atoms with van der Waals surface area (Å²) >= 11 is 8.25. The molecule has 8 aliphatic carbocycles. The van der Waals surface area contributed by atoms with Crippen LogP contribution in [0.15, 0.2) is 91.0 Å². The van der Waals surface area contributed by atoms with Crippen molar-refractivity contribution in [1.29, 1.82) is 0 Å². The van der Waals surface area contributed by atoms with Gasteiger partial charge in [0.1, 0.15) is 24.7 Å². The maximum Gasteiger partial charge on any atom is 0.119 e. The van der Waals surface area contributed by atoms with Crippen molar-refractivity contribution in [1.82, 2.24) is 51.6 Å². The first-order chi connectivity index (χ1) is 38.4. The van der Waals surface area contributed by atoms with Gasteiger partial charge in [0.2, 0.25) is 0 Å². The van der Waals surface area contributed by atoms with Crippen LogP contribution in [-0.2, 0) is 9.47 Å². The summed E-state index contributed by atoms with van der Waals surface area (Å²) in [5, 5.41) is 29.2. The number of hydrogen-bond acceptors (Lipinski definition) is 16. The summed E-state index contributed by atoms with van der Waals surface area (Å²) in [5.41, 5.74) is 13.5. The van der Waals surface area contributed by atoms with E-state index < -0.39 is 0 Å². The molecule has 12 nitrogen and oxygen atoms in total. The second-order valence-electron chi connectivity index (χ2n) is 24.4. The predicted octanol–water partition coefficient (Wildman–Crippen LogP) is 19.0. The molecule has 88 heavy (non-hydrogen) atoms. The molecule has 0 spiro atoms. The lowest BCUT2D eigenvalue weighted by Crippen LogP contribution is -2.41. The van der Waals surface area contributed by atoms with Crippen molar-refractivity contribution < 1.29 is 9.47 Å². The van der Waals surface area contributed by atoms with Gasteiger partial charge in [0.25, 0.3) is 0 Å². The zero-order valence-corrected chi connectivity index (χ0v) is 54.2. The molecule has 0 saturated carbocycles. The highest BCUT2D eigenvalue weighted by atomic mass is 32.2. The van der Waals surface area contributed by atoms with Crippen molar-refractivity contribution in [2.75, 3.05) is 62.4 Å². The minimum Gasteiger partial charge on any atom is -0.494 e. The Kier molecular flexibility index (Phi) is 34.0. The normalized spacial score (nSPS) is 31.5. The number of fused-ring (bicyclic) bond motifs is 3. The first kappa shape index (κ1) is 82.2. The molecule has 0 amide bonds. The number of allylic oxidation sites excluding steroid dienone is 10. The Morgan fingerprint density at radius 2 is 0.670 bits per heavy atom. The summed E-state index contributed by atoms with van der Waals surface area (Å²) in [4.78, 5) is 15.1. The Labute approximate surface area is 556 Å². The van der Waals surface area contributed by atoms with Crippen molar-refractivity contribution in [2.24, 2.45) is 59.2 Å². The number of hydrogen-bond donors (Lipinski definition) is 4. The monoisotopic (exact) mass is 1290 g/mol. The van der Waals surface area contributed by atoms with E-state index in [4.69, 9.17) is 9.47 Å². The van der Waals surface area contributed by atoms with Crippen molar-refractivity contribution in [3.8, 4) is 0 Å². The second kappa shape index (κ2) is 36.4. The number of rotatable bonds is 0. The Bertz CT molecular complexity index is 2280. The lowest BCUT2D eigenvalue weighted by Gasteiger charge is -2.40. The molecule has 16 rings (SSSR count). The van der Waals surface area contributed by atoms with Gasteiger partial charge in [-0.3, -0.25) is 9.97 Å². The highest BCUT2D eigenvalue weighted by molar-refractivity contribution is 8.10. The van der Waals surface area contributed by atoms with Crippen LogP contribution in [0.4, 0.5) is 0 Å². The van der Waals surface area contributed by atoms with E-state index in [9.17, 15) is 0 Å². The predicted molar refractivity (Wildman–Crippen MR) is 391 cm³/mol. The van der Waals surface area contributed by atoms with Crippen LogP contribution in [0, 0.1) is 59.2 Å². The van der Waals surface area contributed by atoms with Gasteiger partial charge in [0.05, 0.1) is 40.9 Å². The highest BCUT2D eigenvalue weighted by Crippen LogP contribution is 2.54. The van der Waals surface area contributed by atoms with E-state index >= 15 is 0 Å².